The first-order valence-corrected chi connectivity index (χ1v) is 7.53. The van der Waals surface area contributed by atoms with Gasteiger partial charge >= 0.3 is 0 Å². The molecular weight excluding hydrogens is 388 g/mol. The molecule has 0 aliphatic carbocycles. The maximum atomic E-state index is 10.6. The van der Waals surface area contributed by atoms with Crippen LogP contribution in [0.2, 0.25) is 0 Å². The van der Waals surface area contributed by atoms with Crippen molar-refractivity contribution in [2.75, 3.05) is 13.2 Å². The fraction of sp³-hybridized carbons (Fsp3) is 0.133. The molecule has 0 bridgehead atoms. The average Bonchev–Trinajstić information content (AvgIpc) is 2.46. The van der Waals surface area contributed by atoms with Crippen LogP contribution in [-0.2, 0) is 0 Å². The highest BCUT2D eigenvalue weighted by atomic mass is 79.9. The summed E-state index contributed by atoms with van der Waals surface area (Å²) >= 11 is 6.73. The topological polar surface area (TPSA) is 35.5 Å². The van der Waals surface area contributed by atoms with E-state index in [1.54, 1.807) is 18.2 Å². The number of carbonyl (C=O) groups excluding carboxylic acids is 1. The third-order valence-corrected chi connectivity index (χ3v) is 3.66. The molecule has 0 atom stereocenters. The van der Waals surface area contributed by atoms with E-state index >= 15 is 0 Å². The van der Waals surface area contributed by atoms with E-state index in [-0.39, 0.29) is 0 Å². The highest BCUT2D eigenvalue weighted by molar-refractivity contribution is 9.10. The molecule has 3 nitrogen and oxygen atoms in total. The fourth-order valence-corrected chi connectivity index (χ4v) is 2.32. The smallest absolute Gasteiger partial charge is 0.150 e. The molecule has 104 valence electrons. The first-order chi connectivity index (χ1) is 9.69. The molecule has 0 saturated heterocycles. The molecule has 0 heterocycles. The van der Waals surface area contributed by atoms with Gasteiger partial charge < -0.3 is 9.47 Å². The minimum absolute atomic E-state index is 0.426. The molecule has 0 aliphatic rings. The molecule has 5 heteroatoms. The summed E-state index contributed by atoms with van der Waals surface area (Å²) in [5, 5.41) is 0. The lowest BCUT2D eigenvalue weighted by Crippen LogP contribution is -2.09. The van der Waals surface area contributed by atoms with Gasteiger partial charge in [0.15, 0.2) is 0 Å². The Morgan fingerprint density at radius 1 is 0.950 bits per heavy atom. The van der Waals surface area contributed by atoms with Crippen LogP contribution in [0.1, 0.15) is 10.4 Å². The quantitative estimate of drug-likeness (QED) is 0.530. The van der Waals surface area contributed by atoms with E-state index < -0.39 is 0 Å². The Morgan fingerprint density at radius 3 is 2.30 bits per heavy atom. The van der Waals surface area contributed by atoms with Crippen molar-refractivity contribution >= 4 is 38.1 Å². The van der Waals surface area contributed by atoms with Crippen molar-refractivity contribution < 1.29 is 14.3 Å². The van der Waals surface area contributed by atoms with E-state index in [4.69, 9.17) is 9.47 Å². The lowest BCUT2D eigenvalue weighted by Gasteiger charge is -2.10. The maximum absolute atomic E-state index is 10.6. The zero-order valence-electron chi connectivity index (χ0n) is 10.5. The molecule has 0 spiro atoms. The molecule has 2 aromatic carbocycles. The second-order valence-corrected chi connectivity index (χ2v) is 5.73. The molecule has 2 rings (SSSR count). The third-order valence-electron chi connectivity index (χ3n) is 2.52. The van der Waals surface area contributed by atoms with Gasteiger partial charge in [-0.25, -0.2) is 0 Å². The van der Waals surface area contributed by atoms with Crippen LogP contribution in [0, 0.1) is 0 Å². The summed E-state index contributed by atoms with van der Waals surface area (Å²) in [6.07, 6.45) is 0.797. The number of benzene rings is 2. The van der Waals surface area contributed by atoms with E-state index in [9.17, 15) is 4.79 Å². The molecule has 0 unspecified atom stereocenters. The minimum atomic E-state index is 0.426. The number of carbonyl (C=O) groups is 1. The van der Waals surface area contributed by atoms with Gasteiger partial charge in [0.1, 0.15) is 31.0 Å². The summed E-state index contributed by atoms with van der Waals surface area (Å²) in [6.45, 7) is 0.874. The van der Waals surface area contributed by atoms with Crippen LogP contribution in [0.15, 0.2) is 51.4 Å². The fourth-order valence-electron chi connectivity index (χ4n) is 1.55. The largest absolute Gasteiger partial charge is 0.490 e. The molecule has 0 fully saturated rings. The van der Waals surface area contributed by atoms with Crippen molar-refractivity contribution in [2.24, 2.45) is 0 Å². The van der Waals surface area contributed by atoms with E-state index in [2.05, 4.69) is 31.9 Å². The van der Waals surface area contributed by atoms with Gasteiger partial charge in [0, 0.05) is 10.0 Å². The van der Waals surface area contributed by atoms with Crippen LogP contribution in [0.5, 0.6) is 11.5 Å². The number of ether oxygens (including phenoxy) is 2. The van der Waals surface area contributed by atoms with Gasteiger partial charge in [-0.15, -0.1) is 0 Å². The highest BCUT2D eigenvalue weighted by Crippen LogP contribution is 2.25. The predicted octanol–water partition coefficient (Wildman–Crippen LogP) is 4.48. The van der Waals surface area contributed by atoms with E-state index in [0.29, 0.717) is 24.5 Å². The molecule has 0 aliphatic heterocycles. The van der Waals surface area contributed by atoms with Crippen molar-refractivity contribution in [1.29, 1.82) is 0 Å². The van der Waals surface area contributed by atoms with Gasteiger partial charge in [-0.1, -0.05) is 15.9 Å². The van der Waals surface area contributed by atoms with Crippen LogP contribution >= 0.6 is 31.9 Å². The first kappa shape index (κ1) is 15.1. The number of rotatable bonds is 6. The standard InChI is InChI=1S/C15H12Br2O3/c16-12-2-4-13(5-3-12)19-7-8-20-15-6-1-11(10-18)9-14(15)17/h1-6,9-10H,7-8H2. The van der Waals surface area contributed by atoms with Gasteiger partial charge in [0.25, 0.3) is 0 Å². The van der Waals surface area contributed by atoms with E-state index in [1.807, 2.05) is 24.3 Å². The van der Waals surface area contributed by atoms with Gasteiger partial charge in [0.2, 0.25) is 0 Å². The number of hydrogen-bond donors (Lipinski definition) is 0. The van der Waals surface area contributed by atoms with Crippen molar-refractivity contribution in [2.45, 2.75) is 0 Å². The predicted molar refractivity (Wildman–Crippen MR) is 84.7 cm³/mol. The number of halogens is 2. The Morgan fingerprint density at radius 2 is 1.65 bits per heavy atom. The van der Waals surface area contributed by atoms with Crippen LogP contribution < -0.4 is 9.47 Å². The Labute approximate surface area is 134 Å². The maximum Gasteiger partial charge on any atom is 0.150 e. The molecule has 0 saturated carbocycles. The van der Waals surface area contributed by atoms with Gasteiger partial charge in [-0.3, -0.25) is 4.79 Å². The van der Waals surface area contributed by atoms with E-state index in [1.165, 1.54) is 0 Å². The minimum Gasteiger partial charge on any atom is -0.490 e. The van der Waals surface area contributed by atoms with Crippen molar-refractivity contribution in [1.82, 2.24) is 0 Å². The van der Waals surface area contributed by atoms with Crippen LogP contribution in [0.25, 0.3) is 0 Å². The van der Waals surface area contributed by atoms with Crippen LogP contribution in [0.3, 0.4) is 0 Å². The Balaban J connectivity index is 1.81. The summed E-state index contributed by atoms with van der Waals surface area (Å²) in [5.74, 6) is 1.49. The van der Waals surface area contributed by atoms with Crippen molar-refractivity contribution in [3.8, 4) is 11.5 Å². The van der Waals surface area contributed by atoms with Gasteiger partial charge in [0.05, 0.1) is 4.47 Å². The van der Waals surface area contributed by atoms with Crippen LogP contribution in [-0.4, -0.2) is 19.5 Å². The number of hydrogen-bond acceptors (Lipinski definition) is 3. The molecular formula is C15H12Br2O3. The van der Waals surface area contributed by atoms with Crippen LogP contribution in [0.4, 0.5) is 0 Å². The molecule has 2 aromatic rings. The lowest BCUT2D eigenvalue weighted by molar-refractivity contribution is 0.112. The molecule has 0 radical (unpaired) electrons. The summed E-state index contributed by atoms with van der Waals surface area (Å²) in [7, 11) is 0. The highest BCUT2D eigenvalue weighted by Gasteiger charge is 2.02. The zero-order chi connectivity index (χ0) is 14.4. The monoisotopic (exact) mass is 398 g/mol. The first-order valence-electron chi connectivity index (χ1n) is 5.95. The van der Waals surface area contributed by atoms with Crippen molar-refractivity contribution in [3.63, 3.8) is 0 Å². The van der Waals surface area contributed by atoms with Crippen molar-refractivity contribution in [3.05, 3.63) is 57.0 Å². The lowest BCUT2D eigenvalue weighted by atomic mass is 10.2. The Kier molecular flexibility index (Phi) is 5.61. The number of aldehydes is 1. The average molecular weight is 400 g/mol. The molecule has 20 heavy (non-hydrogen) atoms. The molecule has 0 aromatic heterocycles. The molecule has 0 amide bonds. The molecule has 0 N–H and O–H groups in total. The Hall–Kier alpha value is -1.33. The SMILES string of the molecule is O=Cc1ccc(OCCOc2ccc(Br)cc2)c(Br)c1. The summed E-state index contributed by atoms with van der Waals surface area (Å²) in [4.78, 5) is 10.6. The normalized spacial score (nSPS) is 10.1. The van der Waals surface area contributed by atoms with E-state index in [0.717, 1.165) is 21.0 Å². The second-order valence-electron chi connectivity index (χ2n) is 3.96. The summed E-state index contributed by atoms with van der Waals surface area (Å²) in [5.41, 5.74) is 0.607. The summed E-state index contributed by atoms with van der Waals surface area (Å²) < 4.78 is 12.9. The summed E-state index contributed by atoms with van der Waals surface area (Å²) in [6, 6.07) is 12.8. The zero-order valence-corrected chi connectivity index (χ0v) is 13.7. The van der Waals surface area contributed by atoms with Gasteiger partial charge in [-0.05, 0) is 58.4 Å². The Bertz CT molecular complexity index is 582. The van der Waals surface area contributed by atoms with Gasteiger partial charge in [-0.2, -0.15) is 0 Å². The third kappa shape index (κ3) is 4.35. The second kappa shape index (κ2) is 7.45.